The van der Waals surface area contributed by atoms with Crippen molar-refractivity contribution in [2.24, 2.45) is 0 Å². The van der Waals surface area contributed by atoms with Gasteiger partial charge in [-0.3, -0.25) is 4.55 Å². The van der Waals surface area contributed by atoms with E-state index in [4.69, 9.17) is 4.55 Å². The van der Waals surface area contributed by atoms with E-state index in [1.165, 1.54) is 30.9 Å². The fraction of sp³-hybridized carbons (Fsp3) is 0. The summed E-state index contributed by atoms with van der Waals surface area (Å²) in [6.45, 7) is 0. The monoisotopic (exact) mass is 252 g/mol. The van der Waals surface area contributed by atoms with Gasteiger partial charge in [0.05, 0.1) is 5.69 Å². The Kier molecular flexibility index (Phi) is 2.98. The summed E-state index contributed by atoms with van der Waals surface area (Å²) in [5.41, 5.74) is 0.196. The van der Waals surface area contributed by atoms with Gasteiger partial charge >= 0.3 is 0 Å². The van der Waals surface area contributed by atoms with Crippen LogP contribution in [0.15, 0.2) is 41.8 Å². The standard InChI is InChI=1S/C9H8N4O3S/c14-17(15,16)8-4-2-1-3-7(8)13-9-11-5-10-6-12-9/h1-6H,(H,14,15,16)(H,10,11,12,13). The molecule has 0 atom stereocenters. The predicted molar refractivity (Wildman–Crippen MR) is 59.4 cm³/mol. The second kappa shape index (κ2) is 4.44. The SMILES string of the molecule is O=S(=O)(O)c1ccccc1Nc1ncncn1. The normalized spacial score (nSPS) is 11.1. The summed E-state index contributed by atoms with van der Waals surface area (Å²) in [6.07, 6.45) is 2.54. The molecular formula is C9H8N4O3S. The van der Waals surface area contributed by atoms with Gasteiger partial charge in [0.15, 0.2) is 0 Å². The van der Waals surface area contributed by atoms with Crippen molar-refractivity contribution in [3.8, 4) is 0 Å². The third-order valence-electron chi connectivity index (χ3n) is 1.90. The predicted octanol–water partition coefficient (Wildman–Crippen LogP) is 0.862. The molecule has 0 aliphatic heterocycles. The number of hydrogen-bond acceptors (Lipinski definition) is 6. The maximum absolute atomic E-state index is 11.1. The fourth-order valence-corrected chi connectivity index (χ4v) is 1.87. The quantitative estimate of drug-likeness (QED) is 0.780. The van der Waals surface area contributed by atoms with Crippen LogP contribution >= 0.6 is 0 Å². The minimum Gasteiger partial charge on any atom is -0.323 e. The van der Waals surface area contributed by atoms with Crippen molar-refractivity contribution in [2.45, 2.75) is 4.90 Å². The molecular weight excluding hydrogens is 244 g/mol. The van der Waals surface area contributed by atoms with Gasteiger partial charge in [-0.15, -0.1) is 0 Å². The van der Waals surface area contributed by atoms with E-state index in [9.17, 15) is 8.42 Å². The molecule has 0 radical (unpaired) electrons. The zero-order valence-corrected chi connectivity index (χ0v) is 9.29. The zero-order chi connectivity index (χ0) is 12.3. The highest BCUT2D eigenvalue weighted by Crippen LogP contribution is 2.22. The summed E-state index contributed by atoms with van der Waals surface area (Å²) in [5.74, 6) is 0.191. The second-order valence-electron chi connectivity index (χ2n) is 3.06. The molecule has 17 heavy (non-hydrogen) atoms. The average molecular weight is 252 g/mol. The largest absolute Gasteiger partial charge is 0.323 e. The number of anilines is 2. The van der Waals surface area contributed by atoms with Crippen LogP contribution in [0.25, 0.3) is 0 Å². The summed E-state index contributed by atoms with van der Waals surface area (Å²) in [5, 5.41) is 2.68. The third-order valence-corrected chi connectivity index (χ3v) is 2.82. The zero-order valence-electron chi connectivity index (χ0n) is 8.48. The lowest BCUT2D eigenvalue weighted by molar-refractivity contribution is 0.483. The van der Waals surface area contributed by atoms with Gasteiger partial charge in [0.25, 0.3) is 10.1 Å². The lowest BCUT2D eigenvalue weighted by Crippen LogP contribution is -2.04. The Morgan fingerprint density at radius 3 is 2.41 bits per heavy atom. The number of benzene rings is 1. The van der Waals surface area contributed by atoms with Gasteiger partial charge in [0.1, 0.15) is 17.6 Å². The van der Waals surface area contributed by atoms with Gasteiger partial charge in [0, 0.05) is 0 Å². The number of aromatic nitrogens is 3. The Labute approximate surface area is 97.3 Å². The number of rotatable bonds is 3. The van der Waals surface area contributed by atoms with Crippen molar-refractivity contribution in [3.05, 3.63) is 36.9 Å². The summed E-state index contributed by atoms with van der Waals surface area (Å²) in [4.78, 5) is 11.0. The first kappa shape index (κ1) is 11.4. The Hall–Kier alpha value is -2.06. The molecule has 88 valence electrons. The van der Waals surface area contributed by atoms with Gasteiger partial charge in [-0.05, 0) is 12.1 Å². The molecule has 0 bridgehead atoms. The molecule has 1 aromatic carbocycles. The molecule has 2 aromatic rings. The summed E-state index contributed by atoms with van der Waals surface area (Å²) < 4.78 is 31.2. The van der Waals surface area contributed by atoms with Crippen LogP contribution in [0.1, 0.15) is 0 Å². The molecule has 0 aliphatic rings. The van der Waals surface area contributed by atoms with Crippen molar-refractivity contribution in [2.75, 3.05) is 5.32 Å². The van der Waals surface area contributed by atoms with Crippen LogP contribution < -0.4 is 5.32 Å². The maximum atomic E-state index is 11.1. The molecule has 8 heteroatoms. The third kappa shape index (κ3) is 2.74. The van der Waals surface area contributed by atoms with E-state index in [0.29, 0.717) is 0 Å². The highest BCUT2D eigenvalue weighted by atomic mass is 32.2. The van der Waals surface area contributed by atoms with Gasteiger partial charge in [-0.1, -0.05) is 12.1 Å². The minimum absolute atomic E-state index is 0.191. The summed E-state index contributed by atoms with van der Waals surface area (Å²) >= 11 is 0. The highest BCUT2D eigenvalue weighted by Gasteiger charge is 2.15. The fourth-order valence-electron chi connectivity index (χ4n) is 1.22. The lowest BCUT2D eigenvalue weighted by atomic mass is 10.3. The molecule has 0 fully saturated rings. The summed E-state index contributed by atoms with van der Waals surface area (Å²) in [6, 6.07) is 5.89. The van der Waals surface area contributed by atoms with E-state index in [2.05, 4.69) is 20.3 Å². The van der Waals surface area contributed by atoms with E-state index >= 15 is 0 Å². The molecule has 2 rings (SSSR count). The van der Waals surface area contributed by atoms with E-state index in [0.717, 1.165) is 0 Å². The van der Waals surface area contributed by atoms with Crippen LogP contribution in [0.3, 0.4) is 0 Å². The summed E-state index contributed by atoms with van der Waals surface area (Å²) in [7, 11) is -4.29. The molecule has 0 spiro atoms. The van der Waals surface area contributed by atoms with Gasteiger partial charge in [0.2, 0.25) is 5.95 Å². The molecule has 0 amide bonds. The van der Waals surface area contributed by atoms with Crippen LogP contribution in [0.2, 0.25) is 0 Å². The second-order valence-corrected chi connectivity index (χ2v) is 4.45. The van der Waals surface area contributed by atoms with Crippen LogP contribution in [-0.2, 0) is 10.1 Å². The Bertz CT molecular complexity index is 615. The first-order chi connectivity index (χ1) is 8.07. The van der Waals surface area contributed by atoms with Crippen molar-refractivity contribution < 1.29 is 13.0 Å². The smallest absolute Gasteiger partial charge is 0.296 e. The van der Waals surface area contributed by atoms with E-state index in [1.807, 2.05) is 0 Å². The molecule has 0 unspecified atom stereocenters. The number of hydrogen-bond donors (Lipinski definition) is 2. The van der Waals surface area contributed by atoms with Crippen molar-refractivity contribution >= 4 is 21.8 Å². The topological polar surface area (TPSA) is 105 Å². The van der Waals surface area contributed by atoms with Crippen LogP contribution in [-0.4, -0.2) is 27.9 Å². The van der Waals surface area contributed by atoms with Crippen LogP contribution in [0.5, 0.6) is 0 Å². The van der Waals surface area contributed by atoms with Crippen molar-refractivity contribution in [3.63, 3.8) is 0 Å². The number of para-hydroxylation sites is 1. The van der Waals surface area contributed by atoms with Gasteiger partial charge in [-0.25, -0.2) is 15.0 Å². The molecule has 2 N–H and O–H groups in total. The van der Waals surface area contributed by atoms with Crippen molar-refractivity contribution in [1.29, 1.82) is 0 Å². The van der Waals surface area contributed by atoms with E-state index in [1.54, 1.807) is 6.07 Å². The van der Waals surface area contributed by atoms with Crippen molar-refractivity contribution in [1.82, 2.24) is 15.0 Å². The van der Waals surface area contributed by atoms with Crippen LogP contribution in [0, 0.1) is 0 Å². The Morgan fingerprint density at radius 2 is 1.76 bits per heavy atom. The Balaban J connectivity index is 2.41. The van der Waals surface area contributed by atoms with Gasteiger partial charge in [-0.2, -0.15) is 8.42 Å². The molecule has 0 saturated carbocycles. The van der Waals surface area contributed by atoms with E-state index < -0.39 is 10.1 Å². The molecule has 1 heterocycles. The van der Waals surface area contributed by atoms with Gasteiger partial charge < -0.3 is 5.32 Å². The van der Waals surface area contributed by atoms with E-state index in [-0.39, 0.29) is 16.5 Å². The lowest BCUT2D eigenvalue weighted by Gasteiger charge is -2.07. The Morgan fingerprint density at radius 1 is 1.12 bits per heavy atom. The maximum Gasteiger partial charge on any atom is 0.296 e. The first-order valence-electron chi connectivity index (χ1n) is 4.53. The molecule has 0 aliphatic carbocycles. The molecule has 0 saturated heterocycles. The molecule has 7 nitrogen and oxygen atoms in total. The molecule has 1 aromatic heterocycles. The number of nitrogens with one attached hydrogen (secondary N) is 1. The number of nitrogens with zero attached hydrogens (tertiary/aromatic N) is 3. The average Bonchev–Trinajstić information content (AvgIpc) is 2.30. The highest BCUT2D eigenvalue weighted by molar-refractivity contribution is 7.86. The van der Waals surface area contributed by atoms with Crippen LogP contribution in [0.4, 0.5) is 11.6 Å². The minimum atomic E-state index is -4.29. The first-order valence-corrected chi connectivity index (χ1v) is 5.97.